The monoisotopic (exact) mass is 556 g/mol. The average Bonchev–Trinajstić information content (AvgIpc) is 3.44. The first-order valence-electron chi connectivity index (χ1n) is 9.02. The second-order valence-corrected chi connectivity index (χ2v) is 10.4. The van der Waals surface area contributed by atoms with Crippen LogP contribution in [0.4, 0.5) is 11.6 Å². The van der Waals surface area contributed by atoms with Gasteiger partial charge in [0.15, 0.2) is 0 Å². The van der Waals surface area contributed by atoms with Crippen molar-refractivity contribution in [2.45, 2.75) is 0 Å². The highest BCUT2D eigenvalue weighted by Gasteiger charge is 2.24. The molecule has 0 saturated heterocycles. The quantitative estimate of drug-likeness (QED) is 0.237. The molecule has 0 spiro atoms. The number of thiophene rings is 2. The van der Waals surface area contributed by atoms with E-state index in [0.717, 1.165) is 9.40 Å². The van der Waals surface area contributed by atoms with Gasteiger partial charge >= 0.3 is 0 Å². The summed E-state index contributed by atoms with van der Waals surface area (Å²) >= 11 is 27.1. The topological polar surface area (TPSA) is 97.1 Å². The molecule has 0 radical (unpaired) electrons. The van der Waals surface area contributed by atoms with E-state index in [1.165, 1.54) is 22.7 Å². The summed E-state index contributed by atoms with van der Waals surface area (Å²) < 4.78 is 6.21. The van der Waals surface area contributed by atoms with Gasteiger partial charge in [-0.05, 0) is 34.6 Å². The van der Waals surface area contributed by atoms with Gasteiger partial charge in [0.2, 0.25) is 11.6 Å². The molecule has 0 atom stereocenters. The number of carbonyl (C=O) groups excluding carboxylic acids is 2. The molecule has 33 heavy (non-hydrogen) atoms. The van der Waals surface area contributed by atoms with Gasteiger partial charge in [-0.3, -0.25) is 20.2 Å². The third-order valence-corrected chi connectivity index (χ3v) is 8.33. The predicted molar refractivity (Wildman–Crippen MR) is 134 cm³/mol. The van der Waals surface area contributed by atoms with Crippen LogP contribution in [0.5, 0.6) is 0 Å². The predicted octanol–water partition coefficient (Wildman–Crippen LogP) is 7.62. The molecule has 166 valence electrons. The van der Waals surface area contributed by atoms with Crippen molar-refractivity contribution in [3.05, 3.63) is 66.2 Å². The molecule has 5 aromatic rings. The minimum atomic E-state index is -0.543. The molecule has 0 fully saturated rings. The smallest absolute Gasteiger partial charge is 0.268 e. The lowest BCUT2D eigenvalue weighted by molar-refractivity contribution is 0.101. The van der Waals surface area contributed by atoms with Gasteiger partial charge in [-0.25, -0.2) is 4.63 Å². The van der Waals surface area contributed by atoms with Crippen LogP contribution in [-0.2, 0) is 0 Å². The molecular formula is C20H8Cl4N4O3S2. The van der Waals surface area contributed by atoms with Crippen LogP contribution in [0.25, 0.3) is 20.2 Å². The number of amides is 2. The fourth-order valence-corrected chi connectivity index (χ4v) is 6.43. The van der Waals surface area contributed by atoms with E-state index in [2.05, 4.69) is 20.9 Å². The SMILES string of the molecule is O=C(Nc1nonc1NC(=O)c1sc2cc(Cl)ccc2c1Cl)c1sc2cc(Cl)ccc2c1Cl. The maximum Gasteiger partial charge on any atom is 0.268 e. The Morgan fingerprint density at radius 1 is 0.727 bits per heavy atom. The summed E-state index contributed by atoms with van der Waals surface area (Å²) in [6.45, 7) is 0. The number of benzene rings is 2. The van der Waals surface area contributed by atoms with Crippen LogP contribution < -0.4 is 10.6 Å². The zero-order valence-corrected chi connectivity index (χ0v) is 20.6. The van der Waals surface area contributed by atoms with Crippen LogP contribution in [0.3, 0.4) is 0 Å². The number of anilines is 2. The highest BCUT2D eigenvalue weighted by atomic mass is 35.5. The summed E-state index contributed by atoms with van der Waals surface area (Å²) in [5.74, 6) is -1.25. The minimum absolute atomic E-state index is 0.0832. The second-order valence-electron chi connectivity index (χ2n) is 6.64. The molecule has 0 aliphatic heterocycles. The van der Waals surface area contributed by atoms with Crippen molar-refractivity contribution in [3.63, 3.8) is 0 Å². The first-order valence-corrected chi connectivity index (χ1v) is 12.2. The summed E-state index contributed by atoms with van der Waals surface area (Å²) in [4.78, 5) is 26.2. The van der Waals surface area contributed by atoms with Gasteiger partial charge in [0, 0.05) is 30.2 Å². The number of aromatic nitrogens is 2. The molecule has 13 heteroatoms. The highest BCUT2D eigenvalue weighted by molar-refractivity contribution is 7.22. The number of hydrogen-bond donors (Lipinski definition) is 2. The summed E-state index contributed by atoms with van der Waals surface area (Å²) in [5.41, 5.74) is 0. The Bertz CT molecular complexity index is 1460. The van der Waals surface area contributed by atoms with E-state index >= 15 is 0 Å². The van der Waals surface area contributed by atoms with E-state index in [9.17, 15) is 9.59 Å². The lowest BCUT2D eigenvalue weighted by Crippen LogP contribution is -2.16. The van der Waals surface area contributed by atoms with Crippen LogP contribution >= 0.6 is 69.1 Å². The first-order chi connectivity index (χ1) is 15.8. The third kappa shape index (κ3) is 4.16. The summed E-state index contributed by atoms with van der Waals surface area (Å²) in [6.07, 6.45) is 0. The van der Waals surface area contributed by atoms with Crippen LogP contribution in [0.1, 0.15) is 19.3 Å². The zero-order valence-electron chi connectivity index (χ0n) is 15.9. The van der Waals surface area contributed by atoms with Gasteiger partial charge in [-0.1, -0.05) is 58.5 Å². The number of nitrogens with zero attached hydrogens (tertiary/aromatic N) is 2. The molecular weight excluding hydrogens is 550 g/mol. The number of halogens is 4. The second kappa shape index (κ2) is 8.75. The maximum absolute atomic E-state index is 12.8. The molecule has 7 nitrogen and oxygen atoms in total. The number of nitrogens with one attached hydrogen (secondary N) is 2. The van der Waals surface area contributed by atoms with Crippen molar-refractivity contribution in [1.82, 2.24) is 10.3 Å². The Labute approximate surface area is 213 Å². The lowest BCUT2D eigenvalue weighted by Gasteiger charge is -2.03. The fourth-order valence-electron chi connectivity index (χ4n) is 3.05. The Hall–Kier alpha value is -2.40. The van der Waals surface area contributed by atoms with E-state index in [0.29, 0.717) is 20.8 Å². The summed E-state index contributed by atoms with van der Waals surface area (Å²) in [5, 5.41) is 15.4. The zero-order chi connectivity index (χ0) is 23.3. The van der Waals surface area contributed by atoms with E-state index < -0.39 is 11.8 Å². The molecule has 0 unspecified atom stereocenters. The Morgan fingerprint density at radius 2 is 1.15 bits per heavy atom. The standard InChI is InChI=1S/C20H8Cl4N4O3S2/c21-7-1-3-9-11(5-7)32-15(13(9)23)19(29)25-17-18(28-31-27-17)26-20(30)16-14(24)10-4-2-8(22)6-12(10)33-16/h1-6H,(H,25,27,29)(H,26,28,30). The van der Waals surface area contributed by atoms with Gasteiger partial charge in [-0.2, -0.15) is 0 Å². The largest absolute Gasteiger partial charge is 0.300 e. The van der Waals surface area contributed by atoms with Gasteiger partial charge in [0.1, 0.15) is 9.75 Å². The molecule has 5 rings (SSSR count). The molecule has 0 bridgehead atoms. The lowest BCUT2D eigenvalue weighted by atomic mass is 10.2. The molecule has 3 heterocycles. The Morgan fingerprint density at radius 3 is 1.58 bits per heavy atom. The number of hydrogen-bond acceptors (Lipinski definition) is 7. The van der Waals surface area contributed by atoms with Crippen molar-refractivity contribution in [3.8, 4) is 0 Å². The van der Waals surface area contributed by atoms with E-state index in [1.807, 2.05) is 0 Å². The van der Waals surface area contributed by atoms with Gasteiger partial charge in [0.25, 0.3) is 11.8 Å². The van der Waals surface area contributed by atoms with Crippen LogP contribution in [0, 0.1) is 0 Å². The number of fused-ring (bicyclic) bond motifs is 2. The number of rotatable bonds is 4. The minimum Gasteiger partial charge on any atom is -0.300 e. The Kier molecular flexibility index (Phi) is 5.94. The summed E-state index contributed by atoms with van der Waals surface area (Å²) in [7, 11) is 0. The third-order valence-electron chi connectivity index (χ3n) is 4.55. The Balaban J connectivity index is 1.39. The van der Waals surface area contributed by atoms with E-state index in [-0.39, 0.29) is 31.4 Å². The normalized spacial score (nSPS) is 11.3. The van der Waals surface area contributed by atoms with Crippen LogP contribution in [0.15, 0.2) is 41.0 Å². The molecule has 0 aliphatic rings. The van der Waals surface area contributed by atoms with Crippen molar-refractivity contribution in [1.29, 1.82) is 0 Å². The molecule has 2 amide bonds. The number of carbonyl (C=O) groups is 2. The molecule has 0 saturated carbocycles. The average molecular weight is 558 g/mol. The highest BCUT2D eigenvalue weighted by Crippen LogP contribution is 2.38. The van der Waals surface area contributed by atoms with Crippen molar-refractivity contribution >= 4 is 113 Å². The first kappa shape index (κ1) is 22.4. The molecule has 2 N–H and O–H groups in total. The van der Waals surface area contributed by atoms with Crippen molar-refractivity contribution in [2.24, 2.45) is 0 Å². The van der Waals surface area contributed by atoms with Crippen LogP contribution in [-0.4, -0.2) is 22.1 Å². The van der Waals surface area contributed by atoms with Crippen LogP contribution in [0.2, 0.25) is 20.1 Å². The van der Waals surface area contributed by atoms with Gasteiger partial charge < -0.3 is 0 Å². The van der Waals surface area contributed by atoms with Gasteiger partial charge in [-0.15, -0.1) is 22.7 Å². The molecule has 0 aliphatic carbocycles. The fraction of sp³-hybridized carbons (Fsp3) is 0. The van der Waals surface area contributed by atoms with E-state index in [4.69, 9.17) is 51.0 Å². The van der Waals surface area contributed by atoms with Crippen molar-refractivity contribution in [2.75, 3.05) is 10.6 Å². The molecule has 2 aromatic carbocycles. The van der Waals surface area contributed by atoms with E-state index in [1.54, 1.807) is 36.4 Å². The summed E-state index contributed by atoms with van der Waals surface area (Å²) in [6, 6.07) is 10.3. The van der Waals surface area contributed by atoms with Gasteiger partial charge in [0.05, 0.1) is 10.0 Å². The maximum atomic E-state index is 12.8. The van der Waals surface area contributed by atoms with Crippen molar-refractivity contribution < 1.29 is 14.2 Å². The molecule has 3 aromatic heterocycles.